The summed E-state index contributed by atoms with van der Waals surface area (Å²) in [6.07, 6.45) is 6.31. The number of hydrogen-bond acceptors (Lipinski definition) is 7. The van der Waals surface area contributed by atoms with Crippen LogP contribution in [0.2, 0.25) is 0 Å². The van der Waals surface area contributed by atoms with E-state index in [9.17, 15) is 13.2 Å². The van der Waals surface area contributed by atoms with Gasteiger partial charge in [-0.25, -0.2) is 13.4 Å². The Hall–Kier alpha value is -3.04. The van der Waals surface area contributed by atoms with Crippen LogP contribution < -0.4 is 10.2 Å². The molecule has 4 atom stereocenters. The summed E-state index contributed by atoms with van der Waals surface area (Å²) in [6, 6.07) is 14.1. The molecule has 0 bridgehead atoms. The lowest BCUT2D eigenvalue weighted by Crippen LogP contribution is -2.45. The first-order chi connectivity index (χ1) is 18.1. The molecule has 2 fully saturated rings. The van der Waals surface area contributed by atoms with Gasteiger partial charge in [0.25, 0.3) is 0 Å². The molecule has 1 aliphatic heterocycles. The molecule has 1 aliphatic carbocycles. The molecule has 0 radical (unpaired) electrons. The van der Waals surface area contributed by atoms with Crippen LogP contribution in [-0.4, -0.2) is 67.1 Å². The first-order valence-corrected chi connectivity index (χ1v) is 15.3. The van der Waals surface area contributed by atoms with E-state index in [0.717, 1.165) is 53.8 Å². The summed E-state index contributed by atoms with van der Waals surface area (Å²) in [4.78, 5) is 24.5. The molecule has 0 spiro atoms. The number of ether oxygens (including phenoxy) is 1. The van der Waals surface area contributed by atoms with E-state index < -0.39 is 9.84 Å². The molecule has 8 nitrogen and oxygen atoms in total. The van der Waals surface area contributed by atoms with Crippen LogP contribution >= 0.6 is 0 Å². The van der Waals surface area contributed by atoms with Crippen molar-refractivity contribution in [2.45, 2.75) is 69.5 Å². The lowest BCUT2D eigenvalue weighted by atomic mass is 9.95. The number of rotatable bonds is 6. The predicted molar refractivity (Wildman–Crippen MR) is 150 cm³/mol. The maximum absolute atomic E-state index is 12.8. The highest BCUT2D eigenvalue weighted by atomic mass is 32.2. The lowest BCUT2D eigenvalue weighted by molar-refractivity contribution is -0.121. The number of sulfone groups is 1. The number of hydrogen-bond donors (Lipinski definition) is 1. The zero-order chi connectivity index (χ0) is 26.9. The van der Waals surface area contributed by atoms with Gasteiger partial charge in [0, 0.05) is 42.5 Å². The van der Waals surface area contributed by atoms with E-state index in [-0.39, 0.29) is 35.8 Å². The summed E-state index contributed by atoms with van der Waals surface area (Å²) in [5, 5.41) is 4.65. The highest BCUT2D eigenvalue weighted by Crippen LogP contribution is 2.27. The summed E-state index contributed by atoms with van der Waals surface area (Å²) in [7, 11) is -3.10. The Labute approximate surface area is 224 Å². The Morgan fingerprint density at radius 1 is 1.08 bits per heavy atom. The maximum atomic E-state index is 12.8. The van der Waals surface area contributed by atoms with Crippen molar-refractivity contribution < 1.29 is 17.9 Å². The summed E-state index contributed by atoms with van der Waals surface area (Å²) in [5.41, 5.74) is 2.58. The Kier molecular flexibility index (Phi) is 7.68. The van der Waals surface area contributed by atoms with Crippen LogP contribution in [0.3, 0.4) is 0 Å². The molecule has 1 saturated carbocycles. The number of amides is 1. The van der Waals surface area contributed by atoms with Gasteiger partial charge in [-0.3, -0.25) is 9.78 Å². The van der Waals surface area contributed by atoms with E-state index in [2.05, 4.69) is 35.1 Å². The SMILES string of the molecule is C[C@@H]1CN(c2cccc(-c3ccc4cnc(CC(=O)NC5CCCC(S(C)(=O)=O)C5)cc4c3)n2)C[C@H](C)O1. The molecule has 3 heterocycles. The number of aromatic nitrogens is 2. The molecular formula is C29H36N4O4S. The van der Waals surface area contributed by atoms with Crippen molar-refractivity contribution in [3.05, 3.63) is 54.4 Å². The van der Waals surface area contributed by atoms with Gasteiger partial charge < -0.3 is 15.0 Å². The second-order valence-electron chi connectivity index (χ2n) is 10.8. The van der Waals surface area contributed by atoms with Crippen LogP contribution in [0.15, 0.2) is 48.7 Å². The second kappa shape index (κ2) is 11.0. The number of nitrogens with one attached hydrogen (secondary N) is 1. The lowest BCUT2D eigenvalue weighted by Gasteiger charge is -2.36. The van der Waals surface area contributed by atoms with Crippen molar-refractivity contribution in [1.29, 1.82) is 0 Å². The average molecular weight is 537 g/mol. The Morgan fingerprint density at radius 2 is 1.87 bits per heavy atom. The number of anilines is 1. The quantitative estimate of drug-likeness (QED) is 0.509. The molecule has 2 unspecified atom stereocenters. The summed E-state index contributed by atoms with van der Waals surface area (Å²) < 4.78 is 29.8. The molecule has 5 rings (SSSR count). The Balaban J connectivity index is 1.30. The number of benzene rings is 1. The summed E-state index contributed by atoms with van der Waals surface area (Å²) in [5.74, 6) is 0.813. The van der Waals surface area contributed by atoms with Gasteiger partial charge in [0.05, 0.1) is 35.3 Å². The number of morpholine rings is 1. The standard InChI is InChI=1S/C29H36N4O4S/c1-19-17-33(18-20(2)37-19)28-9-5-8-27(32-28)21-10-11-22-16-30-25(13-23(22)12-21)15-29(34)31-24-6-4-7-26(14-24)38(3,35)36/h5,8-13,16,19-20,24,26H,4,6-7,14-15,17-18H2,1-3H3,(H,31,34)/t19-,20+,24?,26?. The third-order valence-corrected chi connectivity index (χ3v) is 9.13. The molecule has 2 aromatic heterocycles. The Bertz CT molecular complexity index is 1420. The topological polar surface area (TPSA) is 101 Å². The molecule has 1 saturated heterocycles. The minimum Gasteiger partial charge on any atom is -0.372 e. The van der Waals surface area contributed by atoms with E-state index in [4.69, 9.17) is 9.72 Å². The Morgan fingerprint density at radius 3 is 2.63 bits per heavy atom. The van der Waals surface area contributed by atoms with Crippen LogP contribution in [0, 0.1) is 0 Å². The van der Waals surface area contributed by atoms with Gasteiger partial charge in [0.2, 0.25) is 5.91 Å². The van der Waals surface area contributed by atoms with Gasteiger partial charge in [-0.05, 0) is 62.8 Å². The van der Waals surface area contributed by atoms with E-state index in [0.29, 0.717) is 18.5 Å². The van der Waals surface area contributed by atoms with E-state index in [1.807, 2.05) is 36.4 Å². The summed E-state index contributed by atoms with van der Waals surface area (Å²) in [6.45, 7) is 5.79. The predicted octanol–water partition coefficient (Wildman–Crippen LogP) is 3.92. The minimum absolute atomic E-state index is 0.112. The van der Waals surface area contributed by atoms with Crippen molar-refractivity contribution in [2.24, 2.45) is 0 Å². The highest BCUT2D eigenvalue weighted by molar-refractivity contribution is 7.91. The fourth-order valence-electron chi connectivity index (χ4n) is 5.68. The van der Waals surface area contributed by atoms with Crippen molar-refractivity contribution in [3.8, 4) is 11.3 Å². The first-order valence-electron chi connectivity index (χ1n) is 13.4. The van der Waals surface area contributed by atoms with Crippen LogP contribution in [0.4, 0.5) is 5.82 Å². The largest absolute Gasteiger partial charge is 0.372 e. The highest BCUT2D eigenvalue weighted by Gasteiger charge is 2.29. The molecule has 2 aliphatic rings. The second-order valence-corrected chi connectivity index (χ2v) is 13.2. The van der Waals surface area contributed by atoms with Gasteiger partial charge in [0.15, 0.2) is 0 Å². The number of nitrogens with zero attached hydrogens (tertiary/aromatic N) is 3. The van der Waals surface area contributed by atoms with Gasteiger partial charge in [0.1, 0.15) is 15.7 Å². The number of carbonyl (C=O) groups is 1. The molecule has 3 aromatic rings. The third-order valence-electron chi connectivity index (χ3n) is 7.49. The van der Waals surface area contributed by atoms with Crippen molar-refractivity contribution in [3.63, 3.8) is 0 Å². The van der Waals surface area contributed by atoms with Gasteiger partial charge in [-0.1, -0.05) is 24.6 Å². The smallest absolute Gasteiger partial charge is 0.226 e. The average Bonchev–Trinajstić information content (AvgIpc) is 2.87. The van der Waals surface area contributed by atoms with Crippen LogP contribution in [-0.2, 0) is 25.8 Å². The zero-order valence-electron chi connectivity index (χ0n) is 22.3. The number of pyridine rings is 2. The van der Waals surface area contributed by atoms with E-state index in [1.165, 1.54) is 6.26 Å². The van der Waals surface area contributed by atoms with Crippen molar-refractivity contribution >= 4 is 32.3 Å². The molecule has 38 heavy (non-hydrogen) atoms. The van der Waals surface area contributed by atoms with Gasteiger partial charge >= 0.3 is 0 Å². The molecule has 9 heteroatoms. The zero-order valence-corrected chi connectivity index (χ0v) is 23.1. The fraction of sp³-hybridized carbons (Fsp3) is 0.483. The minimum atomic E-state index is -3.10. The normalized spacial score (nSPS) is 24.3. The number of fused-ring (bicyclic) bond motifs is 1. The molecule has 1 N–H and O–H groups in total. The van der Waals surface area contributed by atoms with E-state index >= 15 is 0 Å². The van der Waals surface area contributed by atoms with Crippen LogP contribution in [0.1, 0.15) is 45.2 Å². The molecule has 1 aromatic carbocycles. The maximum Gasteiger partial charge on any atom is 0.226 e. The molecular weight excluding hydrogens is 500 g/mol. The summed E-state index contributed by atoms with van der Waals surface area (Å²) >= 11 is 0. The number of carbonyl (C=O) groups excluding carboxylic acids is 1. The van der Waals surface area contributed by atoms with Gasteiger partial charge in [-0.15, -0.1) is 0 Å². The third kappa shape index (κ3) is 6.32. The van der Waals surface area contributed by atoms with Gasteiger partial charge in [-0.2, -0.15) is 0 Å². The van der Waals surface area contributed by atoms with Crippen LogP contribution in [0.5, 0.6) is 0 Å². The van der Waals surface area contributed by atoms with E-state index in [1.54, 1.807) is 6.20 Å². The fourth-order valence-corrected chi connectivity index (χ4v) is 6.85. The van der Waals surface area contributed by atoms with Crippen molar-refractivity contribution in [2.75, 3.05) is 24.2 Å². The van der Waals surface area contributed by atoms with Crippen LogP contribution in [0.25, 0.3) is 22.0 Å². The first kappa shape index (κ1) is 26.6. The molecule has 1 amide bonds. The van der Waals surface area contributed by atoms with Crippen molar-refractivity contribution in [1.82, 2.24) is 15.3 Å². The molecule has 202 valence electrons. The monoisotopic (exact) mass is 536 g/mol.